The van der Waals surface area contributed by atoms with Crippen LogP contribution in [-0.4, -0.2) is 19.8 Å². The van der Waals surface area contributed by atoms with E-state index in [0.29, 0.717) is 6.04 Å². The van der Waals surface area contributed by atoms with Gasteiger partial charge >= 0.3 is 0 Å². The van der Waals surface area contributed by atoms with Gasteiger partial charge in [-0.2, -0.15) is 0 Å². The van der Waals surface area contributed by atoms with Crippen LogP contribution < -0.4 is 14.8 Å². The Labute approximate surface area is 109 Å². The minimum Gasteiger partial charge on any atom is -0.497 e. The maximum Gasteiger partial charge on any atom is 0.125 e. The van der Waals surface area contributed by atoms with Crippen molar-refractivity contribution in [3.8, 4) is 11.5 Å². The molecule has 1 N–H and O–H groups in total. The fourth-order valence-corrected chi connectivity index (χ4v) is 2.81. The molecule has 0 fully saturated rings. The number of fused-ring (bicyclic) bond motifs is 1. The first kappa shape index (κ1) is 13.2. The van der Waals surface area contributed by atoms with Gasteiger partial charge in [-0.3, -0.25) is 0 Å². The Kier molecular flexibility index (Phi) is 3.81. The maximum absolute atomic E-state index is 6.20. The molecular formula is C15H23NO2. The van der Waals surface area contributed by atoms with Crippen molar-refractivity contribution in [2.45, 2.75) is 44.8 Å². The summed E-state index contributed by atoms with van der Waals surface area (Å²) in [4.78, 5) is 0. The Morgan fingerprint density at radius 3 is 2.89 bits per heavy atom. The monoisotopic (exact) mass is 249 g/mol. The normalized spacial score (nSPS) is 26.3. The molecule has 1 aromatic rings. The average Bonchev–Trinajstić information content (AvgIpc) is 2.37. The summed E-state index contributed by atoms with van der Waals surface area (Å²) in [6.45, 7) is 4.40. The lowest BCUT2D eigenvalue weighted by molar-refractivity contribution is 0.0401. The minimum atomic E-state index is -0.0655. The van der Waals surface area contributed by atoms with Crippen molar-refractivity contribution in [2.24, 2.45) is 0 Å². The van der Waals surface area contributed by atoms with E-state index in [1.807, 2.05) is 19.2 Å². The second-order valence-corrected chi connectivity index (χ2v) is 5.25. The van der Waals surface area contributed by atoms with Crippen molar-refractivity contribution < 1.29 is 9.47 Å². The third-order valence-corrected chi connectivity index (χ3v) is 3.71. The van der Waals surface area contributed by atoms with Gasteiger partial charge in [0.2, 0.25) is 0 Å². The van der Waals surface area contributed by atoms with E-state index in [4.69, 9.17) is 9.47 Å². The highest BCUT2D eigenvalue weighted by Gasteiger charge is 2.36. The molecule has 1 aliphatic rings. The van der Waals surface area contributed by atoms with Crippen LogP contribution in [0, 0.1) is 0 Å². The Bertz CT molecular complexity index is 419. The van der Waals surface area contributed by atoms with Gasteiger partial charge in [0.05, 0.1) is 7.11 Å². The molecule has 0 bridgehead atoms. The molecule has 1 aromatic carbocycles. The molecule has 2 unspecified atom stereocenters. The van der Waals surface area contributed by atoms with Gasteiger partial charge in [0.1, 0.15) is 17.1 Å². The van der Waals surface area contributed by atoms with Crippen LogP contribution in [0.4, 0.5) is 0 Å². The van der Waals surface area contributed by atoms with Crippen LogP contribution >= 0.6 is 0 Å². The van der Waals surface area contributed by atoms with Crippen molar-refractivity contribution in [1.29, 1.82) is 0 Å². The van der Waals surface area contributed by atoms with Gasteiger partial charge in [-0.25, -0.2) is 0 Å². The van der Waals surface area contributed by atoms with Gasteiger partial charge in [0, 0.05) is 18.0 Å². The second kappa shape index (κ2) is 5.19. The molecular weight excluding hydrogens is 226 g/mol. The molecule has 3 heteroatoms. The molecule has 100 valence electrons. The maximum atomic E-state index is 6.20. The van der Waals surface area contributed by atoms with E-state index in [2.05, 4.69) is 25.2 Å². The minimum absolute atomic E-state index is 0.0655. The topological polar surface area (TPSA) is 30.5 Å². The summed E-state index contributed by atoms with van der Waals surface area (Å²) in [5.41, 5.74) is 1.13. The Morgan fingerprint density at radius 1 is 1.50 bits per heavy atom. The predicted octanol–water partition coefficient (Wildman–Crippen LogP) is 3.30. The summed E-state index contributed by atoms with van der Waals surface area (Å²) in [6, 6.07) is 6.39. The van der Waals surface area contributed by atoms with Crippen LogP contribution in [0.25, 0.3) is 0 Å². The van der Waals surface area contributed by atoms with E-state index in [1.165, 1.54) is 5.56 Å². The number of methoxy groups -OCH3 is 1. The van der Waals surface area contributed by atoms with Gasteiger partial charge in [-0.05, 0) is 38.6 Å². The highest BCUT2D eigenvalue weighted by molar-refractivity contribution is 5.44. The van der Waals surface area contributed by atoms with Gasteiger partial charge in [0.15, 0.2) is 0 Å². The summed E-state index contributed by atoms with van der Waals surface area (Å²) < 4.78 is 11.5. The first-order valence-corrected chi connectivity index (χ1v) is 6.66. The fraction of sp³-hybridized carbons (Fsp3) is 0.600. The molecule has 0 saturated heterocycles. The number of hydrogen-bond acceptors (Lipinski definition) is 3. The van der Waals surface area contributed by atoms with E-state index in [9.17, 15) is 0 Å². The van der Waals surface area contributed by atoms with E-state index in [1.54, 1.807) is 7.11 Å². The van der Waals surface area contributed by atoms with Crippen molar-refractivity contribution in [2.75, 3.05) is 14.2 Å². The fourth-order valence-electron chi connectivity index (χ4n) is 2.81. The van der Waals surface area contributed by atoms with Crippen LogP contribution in [0.5, 0.6) is 11.5 Å². The lowest BCUT2D eigenvalue weighted by Gasteiger charge is -2.40. The highest BCUT2D eigenvalue weighted by atomic mass is 16.5. The molecule has 2 atom stereocenters. The molecule has 1 heterocycles. The lowest BCUT2D eigenvalue weighted by atomic mass is 9.85. The zero-order chi connectivity index (χ0) is 13.2. The molecule has 0 aromatic heterocycles. The first-order chi connectivity index (χ1) is 8.61. The molecule has 0 amide bonds. The van der Waals surface area contributed by atoms with E-state index < -0.39 is 0 Å². The van der Waals surface area contributed by atoms with E-state index >= 15 is 0 Å². The summed E-state index contributed by atoms with van der Waals surface area (Å²) in [7, 11) is 3.70. The van der Waals surface area contributed by atoms with Gasteiger partial charge in [-0.1, -0.05) is 13.3 Å². The van der Waals surface area contributed by atoms with Crippen molar-refractivity contribution in [1.82, 2.24) is 5.32 Å². The third kappa shape index (κ3) is 2.46. The molecule has 0 aliphatic carbocycles. The lowest BCUT2D eigenvalue weighted by Crippen LogP contribution is -2.41. The molecule has 1 aliphatic heterocycles. The van der Waals surface area contributed by atoms with Crippen LogP contribution in [0.3, 0.4) is 0 Å². The van der Waals surface area contributed by atoms with Crippen LogP contribution in [0.1, 0.15) is 44.7 Å². The second-order valence-electron chi connectivity index (χ2n) is 5.25. The number of ether oxygens (including phenoxy) is 2. The predicted molar refractivity (Wildman–Crippen MR) is 73.4 cm³/mol. The highest BCUT2D eigenvalue weighted by Crippen LogP contribution is 2.42. The largest absolute Gasteiger partial charge is 0.497 e. The number of benzene rings is 1. The standard InChI is InChI=1S/C15H23NO2/c1-5-8-15(2)10-13(16-3)12-9-11(17-4)6-7-14(12)18-15/h6-7,9,13,16H,5,8,10H2,1-4H3. The Hall–Kier alpha value is -1.22. The van der Waals surface area contributed by atoms with Crippen molar-refractivity contribution >= 4 is 0 Å². The molecule has 0 saturated carbocycles. The molecule has 3 nitrogen and oxygen atoms in total. The van der Waals surface area contributed by atoms with Crippen LogP contribution in [0.15, 0.2) is 18.2 Å². The first-order valence-electron chi connectivity index (χ1n) is 6.66. The van der Waals surface area contributed by atoms with Gasteiger partial charge in [0.25, 0.3) is 0 Å². The van der Waals surface area contributed by atoms with E-state index in [-0.39, 0.29) is 5.60 Å². The average molecular weight is 249 g/mol. The summed E-state index contributed by atoms with van der Waals surface area (Å²) in [6.07, 6.45) is 3.21. The molecule has 0 radical (unpaired) electrons. The zero-order valence-electron chi connectivity index (χ0n) is 11.7. The molecule has 18 heavy (non-hydrogen) atoms. The van der Waals surface area contributed by atoms with Crippen LogP contribution in [0.2, 0.25) is 0 Å². The number of rotatable bonds is 4. The third-order valence-electron chi connectivity index (χ3n) is 3.71. The van der Waals surface area contributed by atoms with Crippen molar-refractivity contribution in [3.05, 3.63) is 23.8 Å². The Morgan fingerprint density at radius 2 is 2.28 bits per heavy atom. The summed E-state index contributed by atoms with van der Waals surface area (Å²) in [5.74, 6) is 1.87. The Balaban J connectivity index is 2.35. The summed E-state index contributed by atoms with van der Waals surface area (Å²) in [5, 5.41) is 3.39. The van der Waals surface area contributed by atoms with Gasteiger partial charge < -0.3 is 14.8 Å². The number of hydrogen-bond donors (Lipinski definition) is 1. The molecule has 0 spiro atoms. The van der Waals surface area contributed by atoms with E-state index in [0.717, 1.165) is 30.8 Å². The van der Waals surface area contributed by atoms with Gasteiger partial charge in [-0.15, -0.1) is 0 Å². The molecule has 2 rings (SSSR count). The zero-order valence-corrected chi connectivity index (χ0v) is 11.7. The van der Waals surface area contributed by atoms with Crippen molar-refractivity contribution in [3.63, 3.8) is 0 Å². The quantitative estimate of drug-likeness (QED) is 0.888. The van der Waals surface area contributed by atoms with Crippen LogP contribution in [-0.2, 0) is 0 Å². The SMILES string of the molecule is CCCC1(C)CC(NC)c2cc(OC)ccc2O1. The smallest absolute Gasteiger partial charge is 0.125 e. The summed E-state index contributed by atoms with van der Waals surface area (Å²) >= 11 is 0. The number of nitrogens with one attached hydrogen (secondary N) is 1.